The number of aryl methyl sites for hydroxylation is 2. The minimum atomic E-state index is -1.41. The van der Waals surface area contributed by atoms with E-state index in [0.29, 0.717) is 17.7 Å². The molecule has 2 aromatic rings. The van der Waals surface area contributed by atoms with Crippen LogP contribution in [0.25, 0.3) is 0 Å². The van der Waals surface area contributed by atoms with Crippen LogP contribution in [0.15, 0.2) is 42.5 Å². The number of fused-ring (bicyclic) bond motifs is 4. The van der Waals surface area contributed by atoms with Gasteiger partial charge in [0.05, 0.1) is 11.8 Å². The van der Waals surface area contributed by atoms with Gasteiger partial charge in [-0.15, -0.1) is 0 Å². The van der Waals surface area contributed by atoms with Crippen molar-refractivity contribution in [3.8, 4) is 0 Å². The van der Waals surface area contributed by atoms with Gasteiger partial charge in [0.2, 0.25) is 23.6 Å². The summed E-state index contributed by atoms with van der Waals surface area (Å²) in [6, 6.07) is 12.7. The number of carbonyl (C=O) groups excluding carboxylic acids is 4. The molecule has 0 aromatic heterocycles. The third-order valence-corrected chi connectivity index (χ3v) is 7.14. The van der Waals surface area contributed by atoms with Gasteiger partial charge in [0.25, 0.3) is 0 Å². The molecule has 3 aliphatic rings. The van der Waals surface area contributed by atoms with Crippen molar-refractivity contribution in [3.63, 3.8) is 0 Å². The predicted octanol–water partition coefficient (Wildman–Crippen LogP) is 1.14. The highest BCUT2D eigenvalue weighted by Crippen LogP contribution is 2.54. The van der Waals surface area contributed by atoms with E-state index in [4.69, 9.17) is 5.73 Å². The number of primary amides is 1. The molecule has 8 nitrogen and oxygen atoms in total. The Kier molecular flexibility index (Phi) is 4.86. The Hall–Kier alpha value is -3.52. The van der Waals surface area contributed by atoms with E-state index in [1.165, 1.54) is 4.90 Å². The first-order valence-corrected chi connectivity index (χ1v) is 11.1. The number of anilines is 1. The summed E-state index contributed by atoms with van der Waals surface area (Å²) in [5.41, 5.74) is 8.20. The lowest BCUT2D eigenvalue weighted by molar-refractivity contribution is -0.142. The van der Waals surface area contributed by atoms with Crippen LogP contribution in [0.5, 0.6) is 0 Å². The summed E-state index contributed by atoms with van der Waals surface area (Å²) in [6.07, 6.45) is 0.377. The van der Waals surface area contributed by atoms with Crippen molar-refractivity contribution >= 4 is 29.3 Å². The van der Waals surface area contributed by atoms with E-state index in [1.54, 1.807) is 0 Å². The highest BCUT2D eigenvalue weighted by atomic mass is 16.2. The Balaban J connectivity index is 1.57. The van der Waals surface area contributed by atoms with Crippen LogP contribution in [0.1, 0.15) is 28.7 Å². The van der Waals surface area contributed by atoms with E-state index in [9.17, 15) is 19.2 Å². The maximum Gasteiger partial charge on any atom is 0.250 e. The quantitative estimate of drug-likeness (QED) is 0.595. The summed E-state index contributed by atoms with van der Waals surface area (Å²) < 4.78 is 0. The lowest BCUT2D eigenvalue weighted by Gasteiger charge is -2.29. The van der Waals surface area contributed by atoms with Crippen LogP contribution < -0.4 is 16.4 Å². The van der Waals surface area contributed by atoms with Crippen LogP contribution in [-0.4, -0.2) is 41.1 Å². The van der Waals surface area contributed by atoms with E-state index in [0.717, 1.165) is 16.7 Å². The van der Waals surface area contributed by atoms with E-state index in [1.807, 2.05) is 56.3 Å². The summed E-state index contributed by atoms with van der Waals surface area (Å²) >= 11 is 0. The van der Waals surface area contributed by atoms with Crippen molar-refractivity contribution in [2.45, 2.75) is 38.3 Å². The Bertz CT molecular complexity index is 1190. The molecule has 0 bridgehead atoms. The third-order valence-electron chi connectivity index (χ3n) is 7.14. The van der Waals surface area contributed by atoms with Crippen molar-refractivity contribution < 1.29 is 19.2 Å². The van der Waals surface area contributed by atoms with Crippen LogP contribution >= 0.6 is 0 Å². The van der Waals surface area contributed by atoms with Crippen molar-refractivity contribution in [2.75, 3.05) is 11.9 Å². The second kappa shape index (κ2) is 7.52. The Morgan fingerprint density at radius 2 is 1.82 bits per heavy atom. The molecule has 0 saturated carbocycles. The maximum absolute atomic E-state index is 13.7. The lowest BCUT2D eigenvalue weighted by atomic mass is 9.76. The number of likely N-dealkylation sites (tertiary alicyclic amines) is 1. The molecule has 3 heterocycles. The Labute approximate surface area is 191 Å². The van der Waals surface area contributed by atoms with Gasteiger partial charge < -0.3 is 11.1 Å². The normalized spacial score (nSPS) is 27.8. The average molecular weight is 447 g/mol. The molecule has 0 aliphatic carbocycles. The van der Waals surface area contributed by atoms with E-state index < -0.39 is 29.3 Å². The standard InChI is InChI=1S/C25H26N4O4/c1-13-10-14(2)21-16(11-13)25(24(33)27-21)20-19(17(28-25)12-18(26)30)22(31)29(23(20)32)9-8-15-6-4-3-5-7-15/h3-7,10-11,17,19-20,28H,8-9,12H2,1-2H3,(H2,26,30)(H,27,33)/t17-,19+,20-,25+/m0/s1. The van der Waals surface area contributed by atoms with Gasteiger partial charge >= 0.3 is 0 Å². The minimum absolute atomic E-state index is 0.137. The smallest absolute Gasteiger partial charge is 0.250 e. The topological polar surface area (TPSA) is 122 Å². The van der Waals surface area contributed by atoms with E-state index >= 15 is 0 Å². The van der Waals surface area contributed by atoms with Gasteiger partial charge in [-0.05, 0) is 31.4 Å². The zero-order valence-electron chi connectivity index (χ0n) is 18.6. The molecular weight excluding hydrogens is 420 g/mol. The molecular formula is C25H26N4O4. The molecule has 2 fully saturated rings. The fourth-order valence-corrected chi connectivity index (χ4v) is 5.82. The summed E-state index contributed by atoms with van der Waals surface area (Å²) in [6.45, 7) is 4.03. The number of amides is 4. The van der Waals surface area contributed by atoms with Gasteiger partial charge in [0, 0.05) is 30.3 Å². The van der Waals surface area contributed by atoms with Crippen LogP contribution in [0, 0.1) is 25.7 Å². The SMILES string of the molecule is Cc1cc(C)c2c(c1)[C@]1(N[C@@H](CC(N)=O)[C@H]3C(=O)N(CCc4ccccc4)C(=O)[C@H]31)C(=O)N2. The molecule has 2 saturated heterocycles. The number of nitrogens with zero attached hydrogens (tertiary/aromatic N) is 1. The fourth-order valence-electron chi connectivity index (χ4n) is 5.82. The van der Waals surface area contributed by atoms with Gasteiger partial charge in [-0.1, -0.05) is 48.0 Å². The molecule has 2 aromatic carbocycles. The van der Waals surface area contributed by atoms with Crippen molar-refractivity contribution in [2.24, 2.45) is 17.6 Å². The molecule has 33 heavy (non-hydrogen) atoms. The summed E-state index contributed by atoms with van der Waals surface area (Å²) in [7, 11) is 0. The number of rotatable bonds is 5. The molecule has 4 amide bonds. The molecule has 4 atom stereocenters. The highest BCUT2D eigenvalue weighted by molar-refractivity contribution is 6.15. The number of carbonyl (C=O) groups is 4. The molecule has 8 heteroatoms. The fraction of sp³-hybridized carbons (Fsp3) is 0.360. The number of imide groups is 1. The van der Waals surface area contributed by atoms with E-state index in [-0.39, 0.29) is 30.7 Å². The van der Waals surface area contributed by atoms with Crippen LogP contribution in [-0.2, 0) is 31.1 Å². The highest BCUT2D eigenvalue weighted by Gasteiger charge is 2.70. The molecule has 1 spiro atoms. The second-order valence-corrected chi connectivity index (χ2v) is 9.25. The summed E-state index contributed by atoms with van der Waals surface area (Å²) in [5.74, 6) is -3.49. The van der Waals surface area contributed by atoms with Gasteiger partial charge in [0.15, 0.2) is 0 Å². The summed E-state index contributed by atoms with van der Waals surface area (Å²) in [5, 5.41) is 6.15. The maximum atomic E-state index is 13.7. The van der Waals surface area contributed by atoms with E-state index in [2.05, 4.69) is 10.6 Å². The minimum Gasteiger partial charge on any atom is -0.370 e. The second-order valence-electron chi connectivity index (χ2n) is 9.25. The number of nitrogens with two attached hydrogens (primary N) is 1. The zero-order valence-corrected chi connectivity index (χ0v) is 18.6. The van der Waals surface area contributed by atoms with Gasteiger partial charge in [-0.2, -0.15) is 0 Å². The molecule has 3 aliphatic heterocycles. The van der Waals surface area contributed by atoms with Crippen molar-refractivity contribution in [1.82, 2.24) is 10.2 Å². The number of hydrogen-bond acceptors (Lipinski definition) is 5. The monoisotopic (exact) mass is 446 g/mol. The first kappa shape index (κ1) is 21.3. The van der Waals surface area contributed by atoms with Crippen molar-refractivity contribution in [3.05, 3.63) is 64.7 Å². The molecule has 4 N–H and O–H groups in total. The average Bonchev–Trinajstić information content (AvgIpc) is 3.33. The van der Waals surface area contributed by atoms with Gasteiger partial charge in [-0.3, -0.25) is 29.4 Å². The molecule has 0 unspecified atom stereocenters. The number of hydrogen-bond donors (Lipinski definition) is 3. The molecule has 5 rings (SSSR count). The Morgan fingerprint density at radius 3 is 2.52 bits per heavy atom. The molecule has 0 radical (unpaired) electrons. The van der Waals surface area contributed by atoms with Crippen LogP contribution in [0.4, 0.5) is 5.69 Å². The largest absolute Gasteiger partial charge is 0.370 e. The van der Waals surface area contributed by atoms with Crippen LogP contribution in [0.3, 0.4) is 0 Å². The first-order chi connectivity index (χ1) is 15.7. The molecule has 170 valence electrons. The number of benzene rings is 2. The zero-order chi connectivity index (χ0) is 23.5. The lowest BCUT2D eigenvalue weighted by Crippen LogP contribution is -2.53. The Morgan fingerprint density at radius 1 is 1.09 bits per heavy atom. The number of nitrogens with one attached hydrogen (secondary N) is 2. The van der Waals surface area contributed by atoms with Crippen LogP contribution in [0.2, 0.25) is 0 Å². The predicted molar refractivity (Wildman–Crippen MR) is 121 cm³/mol. The first-order valence-electron chi connectivity index (χ1n) is 11.1. The third kappa shape index (κ3) is 3.08. The van der Waals surface area contributed by atoms with Crippen molar-refractivity contribution in [1.29, 1.82) is 0 Å². The summed E-state index contributed by atoms with van der Waals surface area (Å²) in [4.78, 5) is 53.7. The van der Waals surface area contributed by atoms with Gasteiger partial charge in [-0.25, -0.2) is 0 Å². The van der Waals surface area contributed by atoms with Gasteiger partial charge in [0.1, 0.15) is 5.54 Å².